The van der Waals surface area contributed by atoms with Crippen LogP contribution in [0, 0.1) is 0 Å². The van der Waals surface area contributed by atoms with Crippen LogP contribution in [0.3, 0.4) is 0 Å². The average molecular weight is 262 g/mol. The Kier molecular flexibility index (Phi) is 5.89. The molecule has 0 atom stereocenters. The number of hydrogen-bond acceptors (Lipinski definition) is 3. The molecule has 0 aliphatic heterocycles. The van der Waals surface area contributed by atoms with Crippen LogP contribution in [0.25, 0.3) is 0 Å². The molecule has 3 N–H and O–H groups in total. The average Bonchev–Trinajstić information content (AvgIpc) is 2.27. The molecule has 1 rings (SSSR count). The second-order valence-electron chi connectivity index (χ2n) is 5.15. The van der Waals surface area contributed by atoms with Gasteiger partial charge in [-0.25, -0.2) is 13.1 Å². The van der Waals surface area contributed by atoms with Crippen LogP contribution in [0.15, 0.2) is 0 Å². The topological polar surface area (TPSA) is 72.2 Å². The molecule has 102 valence electrons. The number of nitrogens with one attached hydrogen (secondary N) is 1. The summed E-state index contributed by atoms with van der Waals surface area (Å²) in [7, 11) is -3.11. The predicted octanol–water partition coefficient (Wildman–Crippen LogP) is 1.76. The van der Waals surface area contributed by atoms with E-state index in [9.17, 15) is 8.42 Å². The predicted molar refractivity (Wildman–Crippen MR) is 71.3 cm³/mol. The molecule has 0 spiro atoms. The molecule has 1 fully saturated rings. The quantitative estimate of drug-likeness (QED) is 0.734. The SMILES string of the molecule is CCCS(=O)(=O)NC1(CCCN)CCCCC1. The monoisotopic (exact) mass is 262 g/mol. The van der Waals surface area contributed by atoms with Gasteiger partial charge in [0.05, 0.1) is 5.75 Å². The third-order valence-corrected chi connectivity index (χ3v) is 5.20. The standard InChI is InChI=1S/C12H26N2O2S/c1-2-11-17(15,16)14-12(9-6-10-13)7-4-3-5-8-12/h14H,2-11,13H2,1H3. The van der Waals surface area contributed by atoms with Crippen molar-refractivity contribution in [2.45, 2.75) is 63.8 Å². The van der Waals surface area contributed by atoms with Crippen LogP contribution in [0.1, 0.15) is 58.3 Å². The molecule has 4 nitrogen and oxygen atoms in total. The van der Waals surface area contributed by atoms with Gasteiger partial charge >= 0.3 is 0 Å². The first-order chi connectivity index (χ1) is 8.04. The molecule has 0 saturated heterocycles. The minimum absolute atomic E-state index is 0.203. The van der Waals surface area contributed by atoms with Crippen molar-refractivity contribution in [3.63, 3.8) is 0 Å². The fraction of sp³-hybridized carbons (Fsp3) is 1.00. The Hall–Kier alpha value is -0.130. The molecule has 0 bridgehead atoms. The van der Waals surface area contributed by atoms with E-state index in [0.29, 0.717) is 13.0 Å². The summed E-state index contributed by atoms with van der Waals surface area (Å²) in [6, 6.07) is 0. The van der Waals surface area contributed by atoms with E-state index >= 15 is 0 Å². The Morgan fingerprint density at radius 1 is 1.24 bits per heavy atom. The molecule has 0 aromatic heterocycles. The molecule has 0 aromatic rings. The number of sulfonamides is 1. The maximum atomic E-state index is 11.9. The van der Waals surface area contributed by atoms with Gasteiger partial charge in [-0.2, -0.15) is 0 Å². The molecule has 0 unspecified atom stereocenters. The van der Waals surface area contributed by atoms with E-state index in [4.69, 9.17) is 5.73 Å². The van der Waals surface area contributed by atoms with E-state index in [1.807, 2.05) is 6.92 Å². The second-order valence-corrected chi connectivity index (χ2v) is 7.00. The Labute approximate surface area is 105 Å². The van der Waals surface area contributed by atoms with E-state index in [0.717, 1.165) is 38.5 Å². The maximum absolute atomic E-state index is 11.9. The first kappa shape index (κ1) is 14.9. The summed E-state index contributed by atoms with van der Waals surface area (Å²) in [6.45, 7) is 2.53. The molecule has 0 heterocycles. The highest BCUT2D eigenvalue weighted by molar-refractivity contribution is 7.89. The van der Waals surface area contributed by atoms with Gasteiger partial charge in [-0.05, 0) is 38.6 Å². The fourth-order valence-electron chi connectivity index (χ4n) is 2.72. The van der Waals surface area contributed by atoms with Gasteiger partial charge in [0.15, 0.2) is 0 Å². The van der Waals surface area contributed by atoms with E-state index in [1.54, 1.807) is 0 Å². The summed E-state index contributed by atoms with van der Waals surface area (Å²) in [6.07, 6.45) is 7.85. The molecule has 0 aromatic carbocycles. The Bertz CT molecular complexity index is 308. The van der Waals surface area contributed by atoms with Gasteiger partial charge < -0.3 is 5.73 Å². The van der Waals surface area contributed by atoms with Gasteiger partial charge in [0, 0.05) is 5.54 Å². The molecule has 1 aliphatic rings. The lowest BCUT2D eigenvalue weighted by Gasteiger charge is -2.38. The van der Waals surface area contributed by atoms with Crippen LogP contribution in [-0.2, 0) is 10.0 Å². The highest BCUT2D eigenvalue weighted by atomic mass is 32.2. The van der Waals surface area contributed by atoms with Crippen LogP contribution in [-0.4, -0.2) is 26.3 Å². The van der Waals surface area contributed by atoms with E-state index in [1.165, 1.54) is 6.42 Å². The maximum Gasteiger partial charge on any atom is 0.212 e. The smallest absolute Gasteiger partial charge is 0.212 e. The van der Waals surface area contributed by atoms with E-state index in [-0.39, 0.29) is 11.3 Å². The highest BCUT2D eigenvalue weighted by Crippen LogP contribution is 2.32. The van der Waals surface area contributed by atoms with Gasteiger partial charge in [-0.15, -0.1) is 0 Å². The third kappa shape index (κ3) is 4.94. The van der Waals surface area contributed by atoms with Crippen molar-refractivity contribution >= 4 is 10.0 Å². The zero-order chi connectivity index (χ0) is 12.8. The Balaban J connectivity index is 2.68. The van der Waals surface area contributed by atoms with Crippen LogP contribution in [0.5, 0.6) is 0 Å². The lowest BCUT2D eigenvalue weighted by molar-refractivity contribution is 0.248. The summed E-state index contributed by atoms with van der Waals surface area (Å²) in [4.78, 5) is 0. The second kappa shape index (κ2) is 6.71. The van der Waals surface area contributed by atoms with Crippen molar-refractivity contribution < 1.29 is 8.42 Å². The zero-order valence-corrected chi connectivity index (χ0v) is 11.7. The van der Waals surface area contributed by atoms with Crippen molar-refractivity contribution in [1.29, 1.82) is 0 Å². The van der Waals surface area contributed by atoms with Crippen LogP contribution in [0.2, 0.25) is 0 Å². The normalized spacial score (nSPS) is 20.4. The fourth-order valence-corrected chi connectivity index (χ4v) is 4.33. The molecular formula is C12H26N2O2S. The minimum Gasteiger partial charge on any atom is -0.330 e. The largest absolute Gasteiger partial charge is 0.330 e. The first-order valence-corrected chi connectivity index (χ1v) is 8.40. The zero-order valence-electron chi connectivity index (χ0n) is 10.9. The van der Waals surface area contributed by atoms with Crippen LogP contribution >= 0.6 is 0 Å². The summed E-state index contributed by atoms with van der Waals surface area (Å²) in [5.74, 6) is 0.234. The molecule has 5 heteroatoms. The van der Waals surface area contributed by atoms with Crippen molar-refractivity contribution in [3.05, 3.63) is 0 Å². The van der Waals surface area contributed by atoms with Gasteiger partial charge in [-0.3, -0.25) is 0 Å². The van der Waals surface area contributed by atoms with E-state index in [2.05, 4.69) is 4.72 Å². The third-order valence-electron chi connectivity index (χ3n) is 3.51. The van der Waals surface area contributed by atoms with Gasteiger partial charge in [0.1, 0.15) is 0 Å². The molecule has 1 aliphatic carbocycles. The van der Waals surface area contributed by atoms with Gasteiger partial charge in [-0.1, -0.05) is 26.2 Å². The van der Waals surface area contributed by atoms with Crippen molar-refractivity contribution in [2.75, 3.05) is 12.3 Å². The first-order valence-electron chi connectivity index (χ1n) is 6.75. The molecule has 1 saturated carbocycles. The number of nitrogens with two attached hydrogens (primary N) is 1. The number of rotatable bonds is 7. The summed E-state index contributed by atoms with van der Waals surface area (Å²) in [5.41, 5.74) is 5.35. The van der Waals surface area contributed by atoms with Crippen molar-refractivity contribution in [1.82, 2.24) is 4.72 Å². The molecule has 0 radical (unpaired) electrons. The van der Waals surface area contributed by atoms with Crippen molar-refractivity contribution in [3.8, 4) is 0 Å². The summed E-state index contributed by atoms with van der Waals surface area (Å²) in [5, 5.41) is 0. The van der Waals surface area contributed by atoms with E-state index < -0.39 is 10.0 Å². The van der Waals surface area contributed by atoms with Crippen molar-refractivity contribution in [2.24, 2.45) is 5.73 Å². The Morgan fingerprint density at radius 3 is 2.41 bits per heavy atom. The Morgan fingerprint density at radius 2 is 1.88 bits per heavy atom. The van der Waals surface area contributed by atoms with Gasteiger partial charge in [0.25, 0.3) is 0 Å². The number of hydrogen-bond donors (Lipinski definition) is 2. The lowest BCUT2D eigenvalue weighted by atomic mass is 9.79. The highest BCUT2D eigenvalue weighted by Gasteiger charge is 2.34. The minimum atomic E-state index is -3.11. The molecule has 17 heavy (non-hydrogen) atoms. The van der Waals surface area contributed by atoms with Crippen LogP contribution in [0.4, 0.5) is 0 Å². The molecular weight excluding hydrogens is 236 g/mol. The van der Waals surface area contributed by atoms with Gasteiger partial charge in [0.2, 0.25) is 10.0 Å². The molecule has 0 amide bonds. The lowest BCUT2D eigenvalue weighted by Crippen LogP contribution is -2.50. The summed E-state index contributed by atoms with van der Waals surface area (Å²) < 4.78 is 26.8. The van der Waals surface area contributed by atoms with Crippen LogP contribution < -0.4 is 10.5 Å². The summed E-state index contributed by atoms with van der Waals surface area (Å²) >= 11 is 0.